The van der Waals surface area contributed by atoms with Crippen LogP contribution in [0.1, 0.15) is 40.1 Å². The van der Waals surface area contributed by atoms with Crippen molar-refractivity contribution in [2.75, 3.05) is 19.7 Å². The quantitative estimate of drug-likeness (QED) is 0.479. The summed E-state index contributed by atoms with van der Waals surface area (Å²) in [5.41, 5.74) is 0.274. The van der Waals surface area contributed by atoms with Gasteiger partial charge in [0.05, 0.1) is 10.5 Å². The van der Waals surface area contributed by atoms with Crippen LogP contribution in [-0.4, -0.2) is 44.2 Å². The third-order valence-electron chi connectivity index (χ3n) is 4.32. The molecule has 0 aliphatic heterocycles. The maximum atomic E-state index is 13.2. The summed E-state index contributed by atoms with van der Waals surface area (Å²) < 4.78 is 57.9. The van der Waals surface area contributed by atoms with Gasteiger partial charge in [-0.25, -0.2) is 22.0 Å². The molecule has 0 unspecified atom stereocenters. The average Bonchev–Trinajstić information content (AvgIpc) is 2.68. The van der Waals surface area contributed by atoms with Gasteiger partial charge in [0.25, 0.3) is 0 Å². The van der Waals surface area contributed by atoms with Gasteiger partial charge in [-0.1, -0.05) is 19.9 Å². The van der Waals surface area contributed by atoms with Gasteiger partial charge in [-0.05, 0) is 42.8 Å². The number of ether oxygens (including phenoxy) is 1. The molecular formula is C20H21F2NO5S. The lowest BCUT2D eigenvalue weighted by molar-refractivity contribution is 0.0474. The predicted molar refractivity (Wildman–Crippen MR) is 102 cm³/mol. The summed E-state index contributed by atoms with van der Waals surface area (Å²) in [4.78, 5) is 24.3. The van der Waals surface area contributed by atoms with Crippen molar-refractivity contribution in [1.82, 2.24) is 4.31 Å². The van der Waals surface area contributed by atoms with E-state index in [1.165, 1.54) is 22.5 Å². The number of halogens is 2. The Labute approximate surface area is 168 Å². The third-order valence-corrected chi connectivity index (χ3v) is 6.51. The van der Waals surface area contributed by atoms with E-state index in [1.807, 2.05) is 0 Å². The monoisotopic (exact) mass is 425 g/mol. The zero-order valence-corrected chi connectivity index (χ0v) is 17.1. The molecule has 0 atom stereocenters. The van der Waals surface area contributed by atoms with Crippen LogP contribution in [0.2, 0.25) is 0 Å². The van der Waals surface area contributed by atoms with Gasteiger partial charge in [-0.3, -0.25) is 4.79 Å². The number of benzene rings is 2. The molecule has 0 saturated carbocycles. The number of carbonyl (C=O) groups excluding carboxylic acids is 2. The lowest BCUT2D eigenvalue weighted by atomic mass is 10.1. The summed E-state index contributed by atoms with van der Waals surface area (Å²) in [6.07, 6.45) is 0. The first-order valence-electron chi connectivity index (χ1n) is 8.88. The second kappa shape index (κ2) is 9.23. The van der Waals surface area contributed by atoms with Crippen LogP contribution in [0.15, 0.2) is 41.3 Å². The Bertz CT molecular complexity index is 1030. The minimum absolute atomic E-state index is 0.0254. The lowest BCUT2D eigenvalue weighted by Crippen LogP contribution is -2.31. The first-order chi connectivity index (χ1) is 13.6. The number of aryl methyl sites for hydroxylation is 1. The maximum Gasteiger partial charge on any atom is 0.338 e. The van der Waals surface area contributed by atoms with Crippen LogP contribution in [0.4, 0.5) is 8.78 Å². The van der Waals surface area contributed by atoms with E-state index in [4.69, 9.17) is 4.74 Å². The van der Waals surface area contributed by atoms with Crippen molar-refractivity contribution in [3.05, 3.63) is 64.7 Å². The van der Waals surface area contributed by atoms with Crippen molar-refractivity contribution in [3.63, 3.8) is 0 Å². The molecule has 6 nitrogen and oxygen atoms in total. The summed E-state index contributed by atoms with van der Waals surface area (Å²) >= 11 is 0. The van der Waals surface area contributed by atoms with E-state index in [9.17, 15) is 26.8 Å². The number of hydrogen-bond acceptors (Lipinski definition) is 5. The summed E-state index contributed by atoms with van der Waals surface area (Å²) in [7, 11) is -3.79. The number of rotatable bonds is 8. The van der Waals surface area contributed by atoms with Crippen LogP contribution in [-0.2, 0) is 14.8 Å². The summed E-state index contributed by atoms with van der Waals surface area (Å²) in [6.45, 7) is 4.87. The molecule has 29 heavy (non-hydrogen) atoms. The van der Waals surface area contributed by atoms with Gasteiger partial charge in [0.15, 0.2) is 24.0 Å². The van der Waals surface area contributed by atoms with E-state index in [1.54, 1.807) is 20.8 Å². The molecule has 0 fully saturated rings. The Morgan fingerprint density at radius 2 is 1.59 bits per heavy atom. The average molecular weight is 425 g/mol. The third kappa shape index (κ3) is 5.04. The van der Waals surface area contributed by atoms with Crippen molar-refractivity contribution < 1.29 is 31.5 Å². The van der Waals surface area contributed by atoms with E-state index in [2.05, 4.69) is 0 Å². The molecule has 2 aromatic rings. The van der Waals surface area contributed by atoms with Crippen LogP contribution in [0, 0.1) is 18.6 Å². The molecule has 0 saturated heterocycles. The number of hydrogen-bond donors (Lipinski definition) is 0. The fourth-order valence-electron chi connectivity index (χ4n) is 2.67. The highest BCUT2D eigenvalue weighted by Gasteiger charge is 2.25. The summed E-state index contributed by atoms with van der Waals surface area (Å²) in [5, 5.41) is 0. The molecule has 0 aromatic heterocycles. The smallest absolute Gasteiger partial charge is 0.338 e. The fraction of sp³-hybridized carbons (Fsp3) is 0.300. The SMILES string of the molecule is CCN(CC)S(=O)(=O)c1cc(C(=O)OCC(=O)c2ccc(F)c(F)c2)ccc1C. The van der Waals surface area contributed by atoms with Crippen molar-refractivity contribution in [2.24, 2.45) is 0 Å². The second-order valence-corrected chi connectivity index (χ2v) is 8.10. The zero-order chi connectivity index (χ0) is 21.8. The molecular weight excluding hydrogens is 404 g/mol. The number of carbonyl (C=O) groups is 2. The van der Waals surface area contributed by atoms with Crippen molar-refractivity contribution >= 4 is 21.8 Å². The van der Waals surface area contributed by atoms with E-state index < -0.39 is 40.0 Å². The van der Waals surface area contributed by atoms with Crippen LogP contribution in [0.25, 0.3) is 0 Å². The topological polar surface area (TPSA) is 80.8 Å². The van der Waals surface area contributed by atoms with Crippen molar-refractivity contribution in [1.29, 1.82) is 0 Å². The van der Waals surface area contributed by atoms with Gasteiger partial charge >= 0.3 is 5.97 Å². The molecule has 156 valence electrons. The van der Waals surface area contributed by atoms with Crippen LogP contribution < -0.4 is 0 Å². The highest BCUT2D eigenvalue weighted by molar-refractivity contribution is 7.89. The normalized spacial score (nSPS) is 11.5. The Hall–Kier alpha value is -2.65. The fourth-order valence-corrected chi connectivity index (χ4v) is 4.38. The van der Waals surface area contributed by atoms with Gasteiger partial charge in [0, 0.05) is 18.7 Å². The standard InChI is InChI=1S/C20H21F2NO5S/c1-4-23(5-2)29(26,27)19-11-15(7-6-13(19)3)20(25)28-12-18(24)14-8-9-16(21)17(22)10-14/h6-11H,4-5,12H2,1-3H3. The first-order valence-corrected chi connectivity index (χ1v) is 10.3. The highest BCUT2D eigenvalue weighted by atomic mass is 32.2. The second-order valence-electron chi connectivity index (χ2n) is 6.20. The minimum atomic E-state index is -3.79. The Kier molecular flexibility index (Phi) is 7.21. The van der Waals surface area contributed by atoms with E-state index in [-0.39, 0.29) is 29.1 Å². The summed E-state index contributed by atoms with van der Waals surface area (Å²) in [5.74, 6) is -3.91. The molecule has 9 heteroatoms. The van der Waals surface area contributed by atoms with Crippen molar-refractivity contribution in [3.8, 4) is 0 Å². The lowest BCUT2D eigenvalue weighted by Gasteiger charge is -2.20. The molecule has 0 radical (unpaired) electrons. The van der Waals surface area contributed by atoms with Gasteiger partial charge in [-0.2, -0.15) is 4.31 Å². The zero-order valence-electron chi connectivity index (χ0n) is 16.2. The molecule has 2 aromatic carbocycles. The number of ketones is 1. The number of sulfonamides is 1. The maximum absolute atomic E-state index is 13.2. The number of Topliss-reactive ketones (excluding diaryl/α,β-unsaturated/α-hetero) is 1. The Morgan fingerprint density at radius 3 is 2.17 bits per heavy atom. The van der Waals surface area contributed by atoms with Gasteiger partial charge in [-0.15, -0.1) is 0 Å². The first kappa shape index (κ1) is 22.6. The predicted octanol–water partition coefficient (Wildman–Crippen LogP) is 3.34. The van der Waals surface area contributed by atoms with Gasteiger partial charge in [0.1, 0.15) is 0 Å². The number of nitrogens with zero attached hydrogens (tertiary/aromatic N) is 1. The largest absolute Gasteiger partial charge is 0.454 e. The van der Waals surface area contributed by atoms with Crippen LogP contribution >= 0.6 is 0 Å². The molecule has 0 amide bonds. The molecule has 2 rings (SSSR count). The van der Waals surface area contributed by atoms with Crippen LogP contribution in [0.3, 0.4) is 0 Å². The molecule has 0 heterocycles. The molecule has 0 aliphatic carbocycles. The molecule has 0 bridgehead atoms. The van der Waals surface area contributed by atoms with E-state index >= 15 is 0 Å². The molecule has 0 N–H and O–H groups in total. The summed E-state index contributed by atoms with van der Waals surface area (Å²) in [6, 6.07) is 6.66. The Morgan fingerprint density at radius 1 is 0.966 bits per heavy atom. The number of esters is 1. The highest BCUT2D eigenvalue weighted by Crippen LogP contribution is 2.22. The van der Waals surface area contributed by atoms with Crippen molar-refractivity contribution in [2.45, 2.75) is 25.7 Å². The van der Waals surface area contributed by atoms with E-state index in [0.717, 1.165) is 12.1 Å². The molecule has 0 spiro atoms. The van der Waals surface area contributed by atoms with E-state index in [0.29, 0.717) is 11.6 Å². The van der Waals surface area contributed by atoms with Gasteiger partial charge < -0.3 is 4.74 Å². The van der Waals surface area contributed by atoms with Crippen LogP contribution in [0.5, 0.6) is 0 Å². The van der Waals surface area contributed by atoms with Gasteiger partial charge in [0.2, 0.25) is 10.0 Å². The Balaban J connectivity index is 2.19. The molecule has 0 aliphatic rings. The minimum Gasteiger partial charge on any atom is -0.454 e.